The molecular formula is C74H96N2O15S3. The van der Waals surface area contributed by atoms with E-state index in [4.69, 9.17) is 45.5 Å². The van der Waals surface area contributed by atoms with Gasteiger partial charge in [-0.3, -0.25) is 14.4 Å². The number of carboxylic acid groups (broad SMARTS) is 1. The normalized spacial score (nSPS) is 16.4. The molecule has 0 unspecified atom stereocenters. The number of carbonyl (C=O) groups excluding carboxylic acids is 6. The molecule has 17 nitrogen and oxygen atoms in total. The summed E-state index contributed by atoms with van der Waals surface area (Å²) in [6.45, 7) is 48.8. The number of ketones is 3. The first-order valence-corrected chi connectivity index (χ1v) is 33.8. The minimum Gasteiger partial charge on any atom is -0.478 e. The second-order valence-corrected chi connectivity index (χ2v) is 32.6. The predicted octanol–water partition coefficient (Wildman–Crippen LogP) is 16.1. The summed E-state index contributed by atoms with van der Waals surface area (Å²) in [6, 6.07) is 18.3. The minimum atomic E-state index is -0.919. The summed E-state index contributed by atoms with van der Waals surface area (Å²) < 4.78 is 38.8. The maximum atomic E-state index is 13.1. The molecular weight excluding hydrogens is 1250 g/mol. The predicted molar refractivity (Wildman–Crippen MR) is 370 cm³/mol. The SMILES string of the molecule is C=C(CC(=O)c1ccccc1)Cc1sc2c(c1C(=O)O)CC(C)(C)OC2.C=C(CC(=O)c1ccccc1)Cc1sc2c(c1C(=O)OC(C)(C)C)CC(C)(C)OC2.CC(C)(C)OC(=O)c1c(N)sc2c1CC(C)(C)OC2.CC1(C)CC(=O)CCO1.[C-]#[N+]CC(=O)OC(C)(C)C. The van der Waals surface area contributed by atoms with Gasteiger partial charge in [0.15, 0.2) is 11.6 Å². The number of carboxylic acids is 1. The Bertz CT molecular complexity index is 3610. The molecule has 3 aromatic heterocycles. The summed E-state index contributed by atoms with van der Waals surface area (Å²) in [6.07, 6.45) is 4.44. The third-order valence-corrected chi connectivity index (χ3v) is 17.9. The molecule has 0 radical (unpaired) electrons. The Balaban J connectivity index is 0.000000227. The van der Waals surface area contributed by atoms with Crippen LogP contribution in [0.25, 0.3) is 4.85 Å². The van der Waals surface area contributed by atoms with Crippen LogP contribution in [0, 0.1) is 6.57 Å². The van der Waals surface area contributed by atoms with Gasteiger partial charge in [-0.2, -0.15) is 0 Å². The number of anilines is 1. The second-order valence-electron chi connectivity index (χ2n) is 29.1. The molecule has 3 N–H and O–H groups in total. The molecule has 0 bridgehead atoms. The third kappa shape index (κ3) is 24.7. The molecule has 7 heterocycles. The lowest BCUT2D eigenvalue weighted by Gasteiger charge is -2.30. The standard InChI is InChI=1S/C25H30O4S.C21H22O4S.C14H21NO3S.C7H11NO2.C7H12O2/c1-16(12-19(26)17-10-8-7-9-11-17)13-20-22(23(27)29-24(2,3)4)18-14-25(5,6)28-15-21(18)30-20;1-13(9-16(22)14-7-5-4-6-8-14)10-17-19(20(23)24)15-11-21(2,3)25-12-18(15)26-17;1-13(2,3)18-12(16)10-8-6-14(4,5)17-7-9(8)19-11(10)15;1-7(2,3)10-6(9)5-8-4;1-7(2)5-6(8)3-4-9-7/h7-11H,1,12-15H2,2-6H3;4-8H,1,9-12H2,2-3H3,(H,23,24);6-7,15H2,1-5H3;5H2,1-3H3;3-5H2,1-2H3. The summed E-state index contributed by atoms with van der Waals surface area (Å²) >= 11 is 4.46. The molecule has 0 amide bonds. The number of esters is 3. The van der Waals surface area contributed by atoms with Crippen molar-refractivity contribution >= 4 is 80.2 Å². The number of thiophene rings is 3. The number of fused-ring (bicyclic) bond motifs is 3. The van der Waals surface area contributed by atoms with Crippen LogP contribution in [0.1, 0.15) is 236 Å². The van der Waals surface area contributed by atoms with E-state index in [9.17, 15) is 38.7 Å². The van der Waals surface area contributed by atoms with Crippen molar-refractivity contribution in [3.8, 4) is 0 Å². The molecule has 0 saturated carbocycles. The van der Waals surface area contributed by atoms with E-state index in [2.05, 4.69) is 18.0 Å². The highest BCUT2D eigenvalue weighted by molar-refractivity contribution is 7.16. The van der Waals surface area contributed by atoms with Crippen LogP contribution in [0.3, 0.4) is 0 Å². The first-order chi connectivity index (χ1) is 43.4. The van der Waals surface area contributed by atoms with Gasteiger partial charge in [0.05, 0.1) is 65.5 Å². The molecule has 510 valence electrons. The van der Waals surface area contributed by atoms with Gasteiger partial charge in [-0.25, -0.2) is 25.8 Å². The lowest BCUT2D eigenvalue weighted by molar-refractivity contribution is -0.152. The van der Waals surface area contributed by atoms with Gasteiger partial charge in [-0.1, -0.05) is 85.0 Å². The van der Waals surface area contributed by atoms with Crippen molar-refractivity contribution in [2.45, 2.75) is 235 Å². The molecule has 4 aliphatic rings. The highest BCUT2D eigenvalue weighted by Gasteiger charge is 2.38. The van der Waals surface area contributed by atoms with Crippen LogP contribution in [0.4, 0.5) is 5.00 Å². The van der Waals surface area contributed by atoms with Gasteiger partial charge in [0, 0.05) is 93.3 Å². The number of hydrogen-bond donors (Lipinski definition) is 2. The summed E-state index contributed by atoms with van der Waals surface area (Å²) in [5, 5.41) is 10.3. The maximum absolute atomic E-state index is 13.1. The molecule has 0 atom stereocenters. The van der Waals surface area contributed by atoms with Crippen LogP contribution in [0.15, 0.2) is 85.0 Å². The van der Waals surface area contributed by atoms with Crippen LogP contribution < -0.4 is 5.73 Å². The largest absolute Gasteiger partial charge is 0.478 e. The fraction of sp³-hybridized carbons (Fsp3) is 0.514. The Morgan fingerprint density at radius 1 is 0.553 bits per heavy atom. The molecule has 0 aliphatic carbocycles. The Morgan fingerprint density at radius 3 is 1.28 bits per heavy atom. The Morgan fingerprint density at radius 2 is 0.915 bits per heavy atom. The van der Waals surface area contributed by atoms with Crippen molar-refractivity contribution in [3.63, 3.8) is 0 Å². The fourth-order valence-electron chi connectivity index (χ4n) is 10.4. The number of nitrogens with zero attached hydrogens (tertiary/aromatic N) is 1. The number of nitrogens with two attached hydrogens (primary N) is 1. The number of rotatable bonds is 14. The molecule has 1 saturated heterocycles. The highest BCUT2D eigenvalue weighted by Crippen LogP contribution is 2.42. The lowest BCUT2D eigenvalue weighted by atomic mass is 9.91. The quantitative estimate of drug-likeness (QED) is 0.0346. The van der Waals surface area contributed by atoms with Gasteiger partial charge in [0.1, 0.15) is 27.6 Å². The van der Waals surface area contributed by atoms with Crippen molar-refractivity contribution in [1.82, 2.24) is 0 Å². The zero-order valence-corrected chi connectivity index (χ0v) is 60.4. The molecule has 4 aliphatic heterocycles. The number of benzene rings is 2. The summed E-state index contributed by atoms with van der Waals surface area (Å²) in [4.78, 5) is 91.2. The Labute approximate surface area is 567 Å². The van der Waals surface area contributed by atoms with E-state index >= 15 is 0 Å². The number of Topliss-reactive ketones (excluding diaryl/α,β-unsaturated/α-hetero) is 3. The number of nitrogen functional groups attached to an aromatic ring is 1. The number of aromatic carboxylic acids is 1. The topological polar surface area (TPSA) is 235 Å². The third-order valence-electron chi connectivity index (χ3n) is 14.4. The van der Waals surface area contributed by atoms with Gasteiger partial charge in [0.25, 0.3) is 0 Å². The van der Waals surface area contributed by atoms with Crippen molar-refractivity contribution < 1.29 is 71.8 Å². The van der Waals surface area contributed by atoms with Crippen LogP contribution in [-0.4, -0.2) is 98.7 Å². The van der Waals surface area contributed by atoms with E-state index in [1.165, 1.54) is 22.7 Å². The van der Waals surface area contributed by atoms with Crippen molar-refractivity contribution in [2.75, 3.05) is 18.9 Å². The number of hydrogen-bond acceptors (Lipinski definition) is 18. The van der Waals surface area contributed by atoms with Crippen LogP contribution in [0.2, 0.25) is 0 Å². The van der Waals surface area contributed by atoms with Crippen LogP contribution in [-0.2, 0) is 94.7 Å². The summed E-state index contributed by atoms with van der Waals surface area (Å²) in [5.74, 6) is -1.66. The van der Waals surface area contributed by atoms with E-state index < -0.39 is 28.7 Å². The van der Waals surface area contributed by atoms with E-state index in [0.717, 1.165) is 52.2 Å². The van der Waals surface area contributed by atoms with Crippen molar-refractivity contribution in [1.29, 1.82) is 0 Å². The van der Waals surface area contributed by atoms with E-state index in [1.54, 1.807) is 44.2 Å². The van der Waals surface area contributed by atoms with Crippen LogP contribution >= 0.6 is 34.0 Å². The first kappa shape index (κ1) is 77.7. The smallest absolute Gasteiger partial charge is 0.387 e. The van der Waals surface area contributed by atoms with Crippen molar-refractivity contribution in [2.24, 2.45) is 0 Å². The van der Waals surface area contributed by atoms with E-state index in [-0.39, 0.29) is 65.3 Å². The Kier molecular flexibility index (Phi) is 26.6. The van der Waals surface area contributed by atoms with E-state index in [0.29, 0.717) is 110 Å². The second kappa shape index (κ2) is 32.2. The van der Waals surface area contributed by atoms with Crippen LogP contribution in [0.5, 0.6) is 0 Å². The van der Waals surface area contributed by atoms with Gasteiger partial charge in [0.2, 0.25) is 0 Å². The number of carbonyl (C=O) groups is 7. The van der Waals surface area contributed by atoms with Gasteiger partial charge < -0.3 is 48.8 Å². The highest BCUT2D eigenvalue weighted by atomic mass is 32.1. The molecule has 5 aromatic rings. The zero-order valence-electron chi connectivity index (χ0n) is 58.0. The van der Waals surface area contributed by atoms with Gasteiger partial charge in [-0.15, -0.1) is 34.0 Å². The van der Waals surface area contributed by atoms with Gasteiger partial charge >= 0.3 is 30.4 Å². The molecule has 1 fully saturated rings. The molecule has 20 heteroatoms. The maximum Gasteiger partial charge on any atom is 0.387 e. The summed E-state index contributed by atoms with van der Waals surface area (Å²) in [7, 11) is 0. The number of ether oxygens (including phenoxy) is 7. The zero-order chi connectivity index (χ0) is 70.5. The average Bonchev–Trinajstić information content (AvgIpc) is 1.63. The first-order valence-electron chi connectivity index (χ1n) is 31.4. The lowest BCUT2D eigenvalue weighted by Crippen LogP contribution is -2.33. The molecule has 9 rings (SSSR count). The fourth-order valence-corrected chi connectivity index (χ4v) is 14.0. The summed E-state index contributed by atoms with van der Waals surface area (Å²) in [5.41, 5.74) is 10.5. The minimum absolute atomic E-state index is 0.00161. The number of allylic oxidation sites excluding steroid dienone is 2. The molecule has 94 heavy (non-hydrogen) atoms. The Hall–Kier alpha value is -6.96. The van der Waals surface area contributed by atoms with E-state index in [1.807, 2.05) is 145 Å². The van der Waals surface area contributed by atoms with Crippen molar-refractivity contribution in [3.05, 3.63) is 165 Å². The molecule has 2 aromatic carbocycles. The molecule has 0 spiro atoms. The monoisotopic (exact) mass is 1350 g/mol. The van der Waals surface area contributed by atoms with Gasteiger partial charge in [-0.05, 0) is 134 Å². The average molecular weight is 1350 g/mol.